The van der Waals surface area contributed by atoms with E-state index < -0.39 is 0 Å². The summed E-state index contributed by atoms with van der Waals surface area (Å²) in [6.07, 6.45) is 10.3. The van der Waals surface area contributed by atoms with Crippen molar-refractivity contribution in [1.82, 2.24) is 0 Å². The predicted octanol–water partition coefficient (Wildman–Crippen LogP) is 4.04. The van der Waals surface area contributed by atoms with Crippen LogP contribution in [0.4, 0.5) is 0 Å². The topological polar surface area (TPSA) is 20.2 Å². The monoisotopic (exact) mass is 260 g/mol. The van der Waals surface area contributed by atoms with Gasteiger partial charge in [-0.1, -0.05) is 63.6 Å². The van der Waals surface area contributed by atoms with E-state index in [0.717, 1.165) is 12.0 Å². The SMILES string of the molecule is CCCCCCCCCc1ccccc1O.[KH]. The molecule has 0 spiro atoms. The fourth-order valence-corrected chi connectivity index (χ4v) is 1.99. The van der Waals surface area contributed by atoms with Crippen LogP contribution in [0.25, 0.3) is 0 Å². The third-order valence-corrected chi connectivity index (χ3v) is 3.04. The van der Waals surface area contributed by atoms with E-state index in [4.69, 9.17) is 0 Å². The molecule has 0 aliphatic rings. The van der Waals surface area contributed by atoms with Crippen molar-refractivity contribution in [2.45, 2.75) is 58.3 Å². The summed E-state index contributed by atoms with van der Waals surface area (Å²) < 4.78 is 0. The van der Waals surface area contributed by atoms with Crippen molar-refractivity contribution in [2.24, 2.45) is 0 Å². The van der Waals surface area contributed by atoms with E-state index in [9.17, 15) is 5.11 Å². The number of rotatable bonds is 8. The number of hydrogen-bond acceptors (Lipinski definition) is 1. The second-order valence-electron chi connectivity index (χ2n) is 4.50. The predicted molar refractivity (Wildman–Crippen MR) is 77.0 cm³/mol. The first-order valence-electron chi connectivity index (χ1n) is 6.61. The van der Waals surface area contributed by atoms with Crippen LogP contribution >= 0.6 is 0 Å². The molecule has 2 heteroatoms. The quantitative estimate of drug-likeness (QED) is 0.552. The average molecular weight is 260 g/mol. The van der Waals surface area contributed by atoms with Gasteiger partial charge >= 0.3 is 51.4 Å². The third kappa shape index (κ3) is 8.39. The van der Waals surface area contributed by atoms with Crippen LogP contribution in [0.2, 0.25) is 0 Å². The number of hydrogen-bond donors (Lipinski definition) is 1. The van der Waals surface area contributed by atoms with Gasteiger partial charge in [-0.25, -0.2) is 0 Å². The van der Waals surface area contributed by atoms with Crippen LogP contribution in [0.15, 0.2) is 24.3 Å². The number of aromatic hydroxyl groups is 1. The summed E-state index contributed by atoms with van der Waals surface area (Å²) in [6.45, 7) is 2.25. The van der Waals surface area contributed by atoms with E-state index in [1.54, 1.807) is 6.07 Å². The van der Waals surface area contributed by atoms with E-state index in [1.807, 2.05) is 18.2 Å². The van der Waals surface area contributed by atoms with E-state index in [1.165, 1.54) is 44.9 Å². The van der Waals surface area contributed by atoms with Crippen molar-refractivity contribution in [3.05, 3.63) is 29.8 Å². The number of benzene rings is 1. The summed E-state index contributed by atoms with van der Waals surface area (Å²) in [4.78, 5) is 0. The molecule has 0 saturated carbocycles. The zero-order valence-electron chi connectivity index (χ0n) is 10.4. The van der Waals surface area contributed by atoms with E-state index in [0.29, 0.717) is 5.75 Å². The number of aryl methyl sites for hydroxylation is 1. The van der Waals surface area contributed by atoms with Gasteiger partial charge in [-0.3, -0.25) is 0 Å². The maximum absolute atomic E-state index is 9.58. The molecule has 0 bridgehead atoms. The normalized spacial score (nSPS) is 9.94. The molecule has 0 aromatic heterocycles. The van der Waals surface area contributed by atoms with Gasteiger partial charge < -0.3 is 5.11 Å². The molecule has 0 unspecified atom stereocenters. The molecule has 0 fully saturated rings. The van der Waals surface area contributed by atoms with Crippen LogP contribution in [0.1, 0.15) is 57.4 Å². The van der Waals surface area contributed by atoms with E-state index in [2.05, 4.69) is 6.92 Å². The van der Waals surface area contributed by atoms with Gasteiger partial charge in [0.2, 0.25) is 0 Å². The molecule has 0 amide bonds. The van der Waals surface area contributed by atoms with Crippen molar-refractivity contribution in [3.63, 3.8) is 0 Å². The second kappa shape index (κ2) is 11.7. The summed E-state index contributed by atoms with van der Waals surface area (Å²) in [5, 5.41) is 9.58. The molecule has 1 aromatic carbocycles. The summed E-state index contributed by atoms with van der Waals surface area (Å²) in [7, 11) is 0. The molecule has 0 heterocycles. The van der Waals surface area contributed by atoms with Gasteiger partial charge in [0.15, 0.2) is 0 Å². The Morgan fingerprint density at radius 3 is 2.12 bits per heavy atom. The van der Waals surface area contributed by atoms with Gasteiger partial charge in [0.25, 0.3) is 0 Å². The van der Waals surface area contributed by atoms with Crippen molar-refractivity contribution in [3.8, 4) is 5.75 Å². The van der Waals surface area contributed by atoms with Crippen LogP contribution in [-0.2, 0) is 6.42 Å². The Labute approximate surface area is 148 Å². The molecule has 1 rings (SSSR count). The number of para-hydroxylation sites is 1. The number of phenolic OH excluding ortho intramolecular Hbond substituents is 1. The standard InChI is InChI=1S/C15H24O.K.H/c1-2-3-4-5-6-7-8-11-14-12-9-10-13-15(14)16;;/h9-10,12-13,16H,2-8,11H2,1H3;;. The zero-order chi connectivity index (χ0) is 11.6. The van der Waals surface area contributed by atoms with Gasteiger partial charge in [-0.05, 0) is 24.5 Å². The van der Waals surface area contributed by atoms with Crippen molar-refractivity contribution in [1.29, 1.82) is 0 Å². The van der Waals surface area contributed by atoms with Crippen LogP contribution < -0.4 is 0 Å². The molecule has 0 aliphatic carbocycles. The fourth-order valence-electron chi connectivity index (χ4n) is 1.99. The first-order valence-corrected chi connectivity index (χ1v) is 6.61. The summed E-state index contributed by atoms with van der Waals surface area (Å²) in [5.74, 6) is 0.452. The van der Waals surface area contributed by atoms with Crippen molar-refractivity contribution in [2.75, 3.05) is 0 Å². The van der Waals surface area contributed by atoms with Gasteiger partial charge in [-0.15, -0.1) is 0 Å². The van der Waals surface area contributed by atoms with Gasteiger partial charge in [0.05, 0.1) is 0 Å². The fraction of sp³-hybridized carbons (Fsp3) is 0.600. The molecule has 0 aliphatic heterocycles. The molecule has 17 heavy (non-hydrogen) atoms. The van der Waals surface area contributed by atoms with Crippen LogP contribution in [-0.4, -0.2) is 56.5 Å². The Bertz CT molecular complexity index is 286. The summed E-state index contributed by atoms with van der Waals surface area (Å²) >= 11 is 0. The van der Waals surface area contributed by atoms with Crippen LogP contribution in [0.3, 0.4) is 0 Å². The molecule has 0 saturated heterocycles. The molecular formula is C15H25KO. The van der Waals surface area contributed by atoms with Gasteiger partial charge in [0, 0.05) is 0 Å². The minimum absolute atomic E-state index is 0. The molecule has 1 aromatic rings. The Balaban J connectivity index is 0.00000256. The average Bonchev–Trinajstić information content (AvgIpc) is 2.30. The Kier molecular flexibility index (Phi) is 12.2. The summed E-state index contributed by atoms with van der Waals surface area (Å²) in [6, 6.07) is 7.67. The minimum atomic E-state index is 0. The number of unbranched alkanes of at least 4 members (excludes halogenated alkanes) is 6. The van der Waals surface area contributed by atoms with E-state index >= 15 is 0 Å². The van der Waals surface area contributed by atoms with Gasteiger partial charge in [0.1, 0.15) is 5.75 Å². The Morgan fingerprint density at radius 1 is 0.882 bits per heavy atom. The molecule has 0 atom stereocenters. The second-order valence-corrected chi connectivity index (χ2v) is 4.50. The third-order valence-electron chi connectivity index (χ3n) is 3.04. The van der Waals surface area contributed by atoms with Crippen molar-refractivity contribution < 1.29 is 5.11 Å². The molecule has 0 radical (unpaired) electrons. The van der Waals surface area contributed by atoms with Crippen LogP contribution in [0.5, 0.6) is 5.75 Å². The molecular weight excluding hydrogens is 235 g/mol. The number of phenols is 1. The van der Waals surface area contributed by atoms with Crippen molar-refractivity contribution >= 4 is 51.4 Å². The van der Waals surface area contributed by atoms with Crippen LogP contribution in [0, 0.1) is 0 Å². The molecule has 1 N–H and O–H groups in total. The first-order chi connectivity index (χ1) is 7.84. The first kappa shape index (κ1) is 17.7. The Morgan fingerprint density at radius 2 is 1.47 bits per heavy atom. The summed E-state index contributed by atoms with van der Waals surface area (Å²) in [5.41, 5.74) is 1.09. The zero-order valence-corrected chi connectivity index (χ0v) is 10.4. The molecule has 92 valence electrons. The maximum atomic E-state index is 9.58. The van der Waals surface area contributed by atoms with Gasteiger partial charge in [-0.2, -0.15) is 0 Å². The van der Waals surface area contributed by atoms with E-state index in [-0.39, 0.29) is 51.4 Å². The molecule has 1 nitrogen and oxygen atoms in total. The Hall–Kier alpha value is 0.656.